The highest BCUT2D eigenvalue weighted by molar-refractivity contribution is 7.23. The Morgan fingerprint density at radius 1 is 1.20 bits per heavy atom. The predicted octanol–water partition coefficient (Wildman–Crippen LogP) is 6.56. The molecule has 3 atom stereocenters. The van der Waals surface area contributed by atoms with Gasteiger partial charge in [-0.25, -0.2) is 18.0 Å². The number of hydrogen-bond acceptors (Lipinski definition) is 11. The second-order valence-electron chi connectivity index (χ2n) is 14.2. The normalized spacial score (nSPS) is 23.3. The topological polar surface area (TPSA) is 122 Å². The largest absolute Gasteiger partial charge is 0.490 e. The van der Waals surface area contributed by atoms with E-state index < -0.39 is 35.0 Å². The van der Waals surface area contributed by atoms with Crippen molar-refractivity contribution < 1.29 is 36.9 Å². The van der Waals surface area contributed by atoms with Crippen LogP contribution in [0.5, 0.6) is 11.8 Å². The van der Waals surface area contributed by atoms with Crippen LogP contribution in [0, 0.1) is 23.0 Å². The van der Waals surface area contributed by atoms with Crippen molar-refractivity contribution in [2.24, 2.45) is 0 Å². The fourth-order valence-corrected chi connectivity index (χ4v) is 8.75. The van der Waals surface area contributed by atoms with Crippen LogP contribution in [-0.2, 0) is 9.47 Å². The van der Waals surface area contributed by atoms with Gasteiger partial charge in [0.1, 0.15) is 59.0 Å². The average molecular weight is 709 g/mol. The smallest absolute Gasteiger partial charge is 0.412 e. The number of nitrogens with zero attached hydrogens (tertiary/aromatic N) is 5. The molecule has 11 nitrogen and oxygen atoms in total. The molecule has 2 aromatic heterocycles. The molecule has 1 N–H and O–H groups in total. The van der Waals surface area contributed by atoms with Crippen LogP contribution in [0.2, 0.25) is 0 Å². The average Bonchev–Trinajstić information content (AvgIpc) is 3.69. The quantitative estimate of drug-likeness (QED) is 0.244. The van der Waals surface area contributed by atoms with Crippen LogP contribution in [0.15, 0.2) is 18.2 Å². The van der Waals surface area contributed by atoms with Gasteiger partial charge >= 0.3 is 12.1 Å². The summed E-state index contributed by atoms with van der Waals surface area (Å²) in [6, 6.07) is 5.91. The van der Waals surface area contributed by atoms with Gasteiger partial charge in [0.25, 0.3) is 0 Å². The van der Waals surface area contributed by atoms with E-state index in [1.54, 1.807) is 20.8 Å². The van der Waals surface area contributed by atoms with Crippen molar-refractivity contribution in [1.82, 2.24) is 14.9 Å². The highest BCUT2D eigenvalue weighted by atomic mass is 32.1. The molecule has 0 unspecified atom stereocenters. The molecule has 0 saturated carbocycles. The maximum Gasteiger partial charge on any atom is 0.412 e. The highest BCUT2D eigenvalue weighted by Gasteiger charge is 2.49. The summed E-state index contributed by atoms with van der Waals surface area (Å²) in [5, 5.41) is 13.4. The van der Waals surface area contributed by atoms with Gasteiger partial charge in [0, 0.05) is 30.5 Å². The Kier molecular flexibility index (Phi) is 7.96. The number of anilines is 2. The first-order valence-corrected chi connectivity index (χ1v) is 17.5. The number of carbonyl (C=O) groups excluding carboxylic acids is 1. The fourth-order valence-electron chi connectivity index (χ4n) is 7.68. The van der Waals surface area contributed by atoms with E-state index in [9.17, 15) is 14.4 Å². The van der Waals surface area contributed by atoms with Crippen molar-refractivity contribution in [3.8, 4) is 29.0 Å². The van der Waals surface area contributed by atoms with E-state index in [0.717, 1.165) is 30.7 Å². The molecule has 0 radical (unpaired) electrons. The lowest BCUT2D eigenvalue weighted by Crippen LogP contribution is -2.48. The number of halogens is 3. The standard InChI is InChI=1S/C35H35F3N6O5S/c1-34(2,3)49-33(45)42-31-22(13-39)25-20(5-6-23(37)29(25)50-31)21-11-24-26-28(27(21)38)40-32(41-30(26)44-9-10-46-15-19(44)16-47-24)48-17-35-7-4-8-43(35)14-18(36)12-35/h5-6,11,18-19H,4,7-10,12,14-17H2,1-3H3,(H,42,45)/t18-,19+,35+/m1/s1. The zero-order valence-electron chi connectivity index (χ0n) is 27.8. The van der Waals surface area contributed by atoms with Crippen LogP contribution < -0.4 is 19.7 Å². The minimum Gasteiger partial charge on any atom is -0.490 e. The van der Waals surface area contributed by atoms with Crippen LogP contribution in [0.4, 0.5) is 28.8 Å². The zero-order chi connectivity index (χ0) is 34.9. The number of hydrogen-bond donors (Lipinski definition) is 1. The molecule has 1 amide bonds. The fraction of sp³-hybridized carbons (Fsp3) is 0.486. The second kappa shape index (κ2) is 12.1. The third kappa shape index (κ3) is 5.53. The molecule has 262 valence electrons. The number of fused-ring (bicyclic) bond motifs is 4. The second-order valence-corrected chi connectivity index (χ2v) is 15.3. The van der Waals surface area contributed by atoms with Gasteiger partial charge in [0.05, 0.1) is 40.4 Å². The summed E-state index contributed by atoms with van der Waals surface area (Å²) in [5.74, 6) is -0.643. The number of carbonyl (C=O) groups is 1. The molecule has 0 aliphatic carbocycles. The lowest BCUT2D eigenvalue weighted by atomic mass is 9.95. The molecule has 4 aliphatic rings. The van der Waals surface area contributed by atoms with Gasteiger partial charge in [-0.05, 0) is 57.9 Å². The van der Waals surface area contributed by atoms with E-state index in [4.69, 9.17) is 23.9 Å². The number of rotatable bonds is 5. The van der Waals surface area contributed by atoms with Gasteiger partial charge in [-0.2, -0.15) is 15.2 Å². The predicted molar refractivity (Wildman–Crippen MR) is 181 cm³/mol. The molecule has 0 bridgehead atoms. The minimum atomic E-state index is -0.947. The Balaban J connectivity index is 1.27. The van der Waals surface area contributed by atoms with E-state index in [1.807, 2.05) is 4.90 Å². The summed E-state index contributed by atoms with van der Waals surface area (Å²) < 4.78 is 70.7. The lowest BCUT2D eigenvalue weighted by Gasteiger charge is -2.35. The number of alkyl halides is 1. The first-order chi connectivity index (χ1) is 23.9. The number of nitriles is 1. The van der Waals surface area contributed by atoms with Gasteiger partial charge in [-0.3, -0.25) is 10.2 Å². The van der Waals surface area contributed by atoms with Gasteiger partial charge in [0.2, 0.25) is 0 Å². The van der Waals surface area contributed by atoms with Crippen molar-refractivity contribution in [1.29, 1.82) is 5.26 Å². The van der Waals surface area contributed by atoms with Gasteiger partial charge < -0.3 is 23.8 Å². The van der Waals surface area contributed by atoms with E-state index in [1.165, 1.54) is 18.2 Å². The summed E-state index contributed by atoms with van der Waals surface area (Å²) in [6.45, 7) is 7.89. The van der Waals surface area contributed by atoms with E-state index in [0.29, 0.717) is 49.7 Å². The van der Waals surface area contributed by atoms with E-state index in [2.05, 4.69) is 21.3 Å². The van der Waals surface area contributed by atoms with Crippen LogP contribution in [0.1, 0.15) is 45.6 Å². The number of ether oxygens (including phenoxy) is 4. The van der Waals surface area contributed by atoms with Crippen LogP contribution >= 0.6 is 11.3 Å². The highest BCUT2D eigenvalue weighted by Crippen LogP contribution is 2.48. The molecule has 6 heterocycles. The van der Waals surface area contributed by atoms with Gasteiger partial charge in [-0.1, -0.05) is 6.07 Å². The molecule has 4 aliphatic heterocycles. The molecule has 15 heteroatoms. The van der Waals surface area contributed by atoms with Crippen molar-refractivity contribution >= 4 is 49.2 Å². The monoisotopic (exact) mass is 708 g/mol. The summed E-state index contributed by atoms with van der Waals surface area (Å²) in [7, 11) is 0. The summed E-state index contributed by atoms with van der Waals surface area (Å²) in [5.41, 5.74) is -1.18. The number of thiophene rings is 1. The van der Waals surface area contributed by atoms with Crippen LogP contribution in [0.3, 0.4) is 0 Å². The number of morpholine rings is 1. The summed E-state index contributed by atoms with van der Waals surface area (Å²) in [6.07, 6.45) is 0.303. The van der Waals surface area contributed by atoms with Crippen molar-refractivity contribution in [2.75, 3.05) is 56.3 Å². The Labute approximate surface area is 289 Å². The Bertz CT molecular complexity index is 2080. The first-order valence-electron chi connectivity index (χ1n) is 16.6. The minimum absolute atomic E-state index is 0.0129. The molecule has 3 fully saturated rings. The van der Waals surface area contributed by atoms with Crippen molar-refractivity contribution in [3.05, 3.63) is 35.4 Å². The van der Waals surface area contributed by atoms with Crippen LogP contribution in [0.25, 0.3) is 32.1 Å². The first kappa shape index (κ1) is 32.8. The maximum absolute atomic E-state index is 17.1. The lowest BCUT2D eigenvalue weighted by molar-refractivity contribution is 0.0636. The number of nitrogens with one attached hydrogen (secondary N) is 1. The summed E-state index contributed by atoms with van der Waals surface area (Å²) in [4.78, 5) is 26.2. The third-order valence-corrected chi connectivity index (χ3v) is 10.9. The number of benzene rings is 2. The molecule has 0 spiro atoms. The molecule has 4 aromatic rings. The van der Waals surface area contributed by atoms with Crippen LogP contribution in [-0.4, -0.2) is 90.4 Å². The Morgan fingerprint density at radius 3 is 2.84 bits per heavy atom. The SMILES string of the molecule is CC(C)(C)OC(=O)Nc1sc2c(F)ccc(-c3cc4c5c(nc(OC[C@@]67CCCN6C[C@H](F)C7)nc5c3F)N3CCOC[C@H]3CO4)c2c1C#N. The van der Waals surface area contributed by atoms with E-state index in [-0.39, 0.29) is 62.6 Å². The van der Waals surface area contributed by atoms with E-state index >= 15 is 8.78 Å². The molecule has 3 saturated heterocycles. The van der Waals surface area contributed by atoms with Crippen molar-refractivity contribution in [2.45, 2.75) is 63.4 Å². The maximum atomic E-state index is 17.1. The number of aromatic nitrogens is 2. The zero-order valence-corrected chi connectivity index (χ0v) is 28.6. The third-order valence-electron chi connectivity index (χ3n) is 9.80. The molecule has 8 rings (SSSR count). The summed E-state index contributed by atoms with van der Waals surface area (Å²) >= 11 is 0.856. The molecular formula is C35H35F3N6O5S. The van der Waals surface area contributed by atoms with Crippen molar-refractivity contribution in [3.63, 3.8) is 0 Å². The van der Waals surface area contributed by atoms with Gasteiger partial charge in [0.15, 0.2) is 5.82 Å². The molecule has 50 heavy (non-hydrogen) atoms. The Morgan fingerprint density at radius 2 is 2.04 bits per heavy atom. The van der Waals surface area contributed by atoms with Gasteiger partial charge in [-0.15, -0.1) is 11.3 Å². The number of amides is 1. The molecule has 2 aromatic carbocycles. The Hall–Kier alpha value is -4.39. The molecular weight excluding hydrogens is 673 g/mol.